The minimum absolute atomic E-state index is 0.605. The van der Waals surface area contributed by atoms with Crippen molar-refractivity contribution in [2.75, 3.05) is 7.11 Å². The van der Waals surface area contributed by atoms with Crippen molar-refractivity contribution in [3.05, 3.63) is 29.3 Å². The van der Waals surface area contributed by atoms with E-state index in [9.17, 15) is 0 Å². The lowest BCUT2D eigenvalue weighted by atomic mass is 9.83. The number of nitrogens with zero attached hydrogens (tertiary/aromatic N) is 1. The van der Waals surface area contributed by atoms with Gasteiger partial charge in [-0.2, -0.15) is 5.26 Å². The fourth-order valence-electron chi connectivity index (χ4n) is 3.30. The van der Waals surface area contributed by atoms with Gasteiger partial charge in [0, 0.05) is 18.2 Å². The summed E-state index contributed by atoms with van der Waals surface area (Å²) in [5, 5.41) is 12.6. The second kappa shape index (κ2) is 8.05. The van der Waals surface area contributed by atoms with Crippen molar-refractivity contribution in [2.24, 2.45) is 5.92 Å². The Morgan fingerprint density at radius 3 is 2.67 bits per heavy atom. The minimum Gasteiger partial charge on any atom is -0.496 e. The van der Waals surface area contributed by atoms with Crippen LogP contribution in [0, 0.1) is 17.2 Å². The first-order chi connectivity index (χ1) is 10.3. The van der Waals surface area contributed by atoms with Crippen molar-refractivity contribution in [1.82, 2.24) is 5.32 Å². The molecule has 1 aromatic rings. The first kappa shape index (κ1) is 15.9. The van der Waals surface area contributed by atoms with E-state index in [-0.39, 0.29) is 0 Å². The Labute approximate surface area is 128 Å². The lowest BCUT2D eigenvalue weighted by Crippen LogP contribution is -2.32. The minimum atomic E-state index is 0.605. The van der Waals surface area contributed by atoms with Crippen LogP contribution in [0.4, 0.5) is 0 Å². The Balaban J connectivity index is 1.87. The van der Waals surface area contributed by atoms with E-state index in [1.807, 2.05) is 12.1 Å². The van der Waals surface area contributed by atoms with Crippen LogP contribution in [0.2, 0.25) is 0 Å². The van der Waals surface area contributed by atoms with E-state index in [0.717, 1.165) is 23.8 Å². The SMILES string of the molecule is CCCC1CCC(NCc2cc(C#N)ccc2OC)CC1. The fraction of sp³-hybridized carbons (Fsp3) is 0.611. The van der Waals surface area contributed by atoms with Crippen LogP contribution in [0.15, 0.2) is 18.2 Å². The lowest BCUT2D eigenvalue weighted by Gasteiger charge is -2.29. The Morgan fingerprint density at radius 1 is 1.29 bits per heavy atom. The molecule has 0 spiro atoms. The molecular weight excluding hydrogens is 260 g/mol. The molecule has 0 unspecified atom stereocenters. The maximum absolute atomic E-state index is 9.01. The Hall–Kier alpha value is -1.53. The summed E-state index contributed by atoms with van der Waals surface area (Å²) in [4.78, 5) is 0. The van der Waals surface area contributed by atoms with Gasteiger partial charge in [-0.25, -0.2) is 0 Å². The monoisotopic (exact) mass is 286 g/mol. The van der Waals surface area contributed by atoms with Gasteiger partial charge in [0.2, 0.25) is 0 Å². The van der Waals surface area contributed by atoms with E-state index in [1.54, 1.807) is 13.2 Å². The van der Waals surface area contributed by atoms with E-state index in [4.69, 9.17) is 10.00 Å². The molecule has 114 valence electrons. The molecule has 0 aromatic heterocycles. The van der Waals surface area contributed by atoms with E-state index >= 15 is 0 Å². The second-order valence-electron chi connectivity index (χ2n) is 6.03. The van der Waals surface area contributed by atoms with Crippen molar-refractivity contribution in [3.8, 4) is 11.8 Å². The predicted molar refractivity (Wildman–Crippen MR) is 85.2 cm³/mol. The number of benzene rings is 1. The van der Waals surface area contributed by atoms with Crippen LogP contribution >= 0.6 is 0 Å². The zero-order valence-electron chi connectivity index (χ0n) is 13.2. The molecule has 1 aliphatic rings. The number of nitrogens with one attached hydrogen (secondary N) is 1. The van der Waals surface area contributed by atoms with Gasteiger partial charge in [0.25, 0.3) is 0 Å². The molecule has 2 rings (SSSR count). The topological polar surface area (TPSA) is 45.0 Å². The Bertz CT molecular complexity index is 484. The molecule has 1 saturated carbocycles. The van der Waals surface area contributed by atoms with Gasteiger partial charge in [-0.15, -0.1) is 0 Å². The highest BCUT2D eigenvalue weighted by Gasteiger charge is 2.20. The van der Waals surface area contributed by atoms with Crippen LogP contribution in [0.25, 0.3) is 0 Å². The zero-order chi connectivity index (χ0) is 15.1. The first-order valence-electron chi connectivity index (χ1n) is 8.07. The van der Waals surface area contributed by atoms with Gasteiger partial charge >= 0.3 is 0 Å². The summed E-state index contributed by atoms with van der Waals surface area (Å²) in [7, 11) is 1.68. The molecule has 3 nitrogen and oxygen atoms in total. The summed E-state index contributed by atoms with van der Waals surface area (Å²) in [6.45, 7) is 3.06. The van der Waals surface area contributed by atoms with Crippen molar-refractivity contribution >= 4 is 0 Å². The van der Waals surface area contributed by atoms with Crippen molar-refractivity contribution in [1.29, 1.82) is 5.26 Å². The normalized spacial score (nSPS) is 21.8. The number of ether oxygens (including phenoxy) is 1. The largest absolute Gasteiger partial charge is 0.496 e. The molecule has 0 heterocycles. The molecule has 0 atom stereocenters. The molecule has 1 fully saturated rings. The highest BCUT2D eigenvalue weighted by atomic mass is 16.5. The number of rotatable bonds is 6. The molecule has 0 aliphatic heterocycles. The average Bonchev–Trinajstić information content (AvgIpc) is 2.54. The summed E-state index contributed by atoms with van der Waals surface area (Å²) in [6, 6.07) is 8.41. The molecule has 0 saturated heterocycles. The van der Waals surface area contributed by atoms with Gasteiger partial charge < -0.3 is 10.1 Å². The fourth-order valence-corrected chi connectivity index (χ4v) is 3.30. The Morgan fingerprint density at radius 2 is 2.05 bits per heavy atom. The average molecular weight is 286 g/mol. The number of methoxy groups -OCH3 is 1. The summed E-state index contributed by atoms with van der Waals surface area (Å²) in [6.07, 6.45) is 7.92. The molecule has 0 radical (unpaired) electrons. The number of nitriles is 1. The van der Waals surface area contributed by atoms with E-state index in [2.05, 4.69) is 18.3 Å². The van der Waals surface area contributed by atoms with Crippen LogP contribution in [-0.2, 0) is 6.54 Å². The van der Waals surface area contributed by atoms with E-state index in [1.165, 1.54) is 38.5 Å². The van der Waals surface area contributed by atoms with E-state index in [0.29, 0.717) is 11.6 Å². The molecule has 3 heteroatoms. The van der Waals surface area contributed by atoms with Crippen LogP contribution in [0.5, 0.6) is 5.75 Å². The maximum atomic E-state index is 9.01. The third-order valence-electron chi connectivity index (χ3n) is 4.53. The summed E-state index contributed by atoms with van der Waals surface area (Å²) < 4.78 is 5.38. The molecular formula is C18H26N2O. The third-order valence-corrected chi connectivity index (χ3v) is 4.53. The van der Waals surface area contributed by atoms with Gasteiger partial charge in [0.05, 0.1) is 18.7 Å². The van der Waals surface area contributed by atoms with Gasteiger partial charge in [0.1, 0.15) is 5.75 Å². The van der Waals surface area contributed by atoms with Crippen LogP contribution < -0.4 is 10.1 Å². The molecule has 1 aliphatic carbocycles. The summed E-state index contributed by atoms with van der Waals surface area (Å²) >= 11 is 0. The van der Waals surface area contributed by atoms with E-state index < -0.39 is 0 Å². The first-order valence-corrected chi connectivity index (χ1v) is 8.07. The van der Waals surface area contributed by atoms with Crippen LogP contribution in [0.3, 0.4) is 0 Å². The Kier molecular flexibility index (Phi) is 6.07. The highest BCUT2D eigenvalue weighted by molar-refractivity contribution is 5.42. The van der Waals surface area contributed by atoms with Crippen LogP contribution in [0.1, 0.15) is 56.6 Å². The van der Waals surface area contributed by atoms with Gasteiger partial charge in [0.15, 0.2) is 0 Å². The quantitative estimate of drug-likeness (QED) is 0.859. The molecule has 1 N–H and O–H groups in total. The molecule has 0 amide bonds. The maximum Gasteiger partial charge on any atom is 0.123 e. The second-order valence-corrected chi connectivity index (χ2v) is 6.03. The lowest BCUT2D eigenvalue weighted by molar-refractivity contribution is 0.277. The third kappa shape index (κ3) is 4.47. The van der Waals surface area contributed by atoms with Crippen molar-refractivity contribution in [2.45, 2.75) is 58.0 Å². The smallest absolute Gasteiger partial charge is 0.123 e. The van der Waals surface area contributed by atoms with Gasteiger partial charge in [-0.05, 0) is 49.8 Å². The highest BCUT2D eigenvalue weighted by Crippen LogP contribution is 2.28. The summed E-state index contributed by atoms with van der Waals surface area (Å²) in [5.41, 5.74) is 1.77. The van der Waals surface area contributed by atoms with Crippen molar-refractivity contribution in [3.63, 3.8) is 0 Å². The van der Waals surface area contributed by atoms with Crippen LogP contribution in [-0.4, -0.2) is 13.2 Å². The van der Waals surface area contributed by atoms with Crippen molar-refractivity contribution < 1.29 is 4.74 Å². The standard InChI is InChI=1S/C18H26N2O/c1-3-4-14-5-8-17(9-6-14)20-13-16-11-15(12-19)7-10-18(16)21-2/h7,10-11,14,17,20H,3-6,8-9,13H2,1-2H3. The number of hydrogen-bond donors (Lipinski definition) is 1. The van der Waals surface area contributed by atoms with Gasteiger partial charge in [-0.3, -0.25) is 0 Å². The zero-order valence-corrected chi connectivity index (χ0v) is 13.2. The van der Waals surface area contributed by atoms with Gasteiger partial charge in [-0.1, -0.05) is 19.8 Å². The molecule has 0 bridgehead atoms. The molecule has 21 heavy (non-hydrogen) atoms. The number of hydrogen-bond acceptors (Lipinski definition) is 3. The summed E-state index contributed by atoms with van der Waals surface area (Å²) in [5.74, 6) is 1.80. The molecule has 1 aromatic carbocycles. The predicted octanol–water partition coefficient (Wildman–Crippen LogP) is 4.02.